The Bertz CT molecular complexity index is 249. The summed E-state index contributed by atoms with van der Waals surface area (Å²) >= 11 is 0. The van der Waals surface area contributed by atoms with E-state index in [1.165, 1.54) is 5.56 Å². The molecule has 0 spiro atoms. The highest BCUT2D eigenvalue weighted by atomic mass is 19.4. The van der Waals surface area contributed by atoms with Gasteiger partial charge in [0.15, 0.2) is 0 Å². The normalized spacial score (nSPS) is 10.9. The molecule has 15 heavy (non-hydrogen) atoms. The van der Waals surface area contributed by atoms with Crippen LogP contribution in [0, 0.1) is 13.8 Å². The number of benzene rings is 1. The van der Waals surface area contributed by atoms with Crippen LogP contribution in [0.15, 0.2) is 30.3 Å². The molecule has 0 aromatic heterocycles. The van der Waals surface area contributed by atoms with E-state index in [1.54, 1.807) is 0 Å². The van der Waals surface area contributed by atoms with Crippen molar-refractivity contribution in [2.75, 3.05) is 0 Å². The highest BCUT2D eigenvalue weighted by Crippen LogP contribution is 2.17. The molecule has 0 saturated heterocycles. The maximum Gasteiger partial charge on any atom is 0.389 e. The van der Waals surface area contributed by atoms with E-state index < -0.39 is 12.6 Å². The van der Waals surface area contributed by atoms with Crippen LogP contribution in [0.5, 0.6) is 0 Å². The first-order valence-corrected chi connectivity index (χ1v) is 4.61. The molecule has 1 rings (SSSR count). The molecule has 1 aromatic rings. The van der Waals surface area contributed by atoms with Gasteiger partial charge in [0.25, 0.3) is 0 Å². The van der Waals surface area contributed by atoms with E-state index in [9.17, 15) is 13.2 Å². The smallest absolute Gasteiger partial charge is 0.171 e. The van der Waals surface area contributed by atoms with Gasteiger partial charge < -0.3 is 0 Å². The van der Waals surface area contributed by atoms with E-state index in [-0.39, 0.29) is 0 Å². The Morgan fingerprint density at radius 2 is 1.60 bits per heavy atom. The van der Waals surface area contributed by atoms with Gasteiger partial charge >= 0.3 is 6.18 Å². The zero-order chi connectivity index (χ0) is 11.9. The van der Waals surface area contributed by atoms with Crippen LogP contribution >= 0.6 is 0 Å². The van der Waals surface area contributed by atoms with Crippen molar-refractivity contribution < 1.29 is 13.2 Å². The van der Waals surface area contributed by atoms with E-state index >= 15 is 0 Å². The molecule has 1 aromatic carbocycles. The van der Waals surface area contributed by atoms with E-state index in [4.69, 9.17) is 0 Å². The Balaban J connectivity index is 0.000000288. The second-order valence-electron chi connectivity index (χ2n) is 3.18. The van der Waals surface area contributed by atoms with Crippen LogP contribution in [-0.4, -0.2) is 6.18 Å². The first kappa shape index (κ1) is 14.0. The molecule has 0 fully saturated rings. The third-order valence-corrected chi connectivity index (χ3v) is 1.65. The Kier molecular flexibility index (Phi) is 6.06. The molecule has 0 amide bonds. The van der Waals surface area contributed by atoms with Crippen molar-refractivity contribution in [3.63, 3.8) is 0 Å². The lowest BCUT2D eigenvalue weighted by Crippen LogP contribution is -2.02. The molecule has 0 aliphatic carbocycles. The summed E-state index contributed by atoms with van der Waals surface area (Å²) in [4.78, 5) is 0. The molecule has 0 aliphatic heterocycles. The van der Waals surface area contributed by atoms with Gasteiger partial charge in [-0.25, -0.2) is 0 Å². The fourth-order valence-corrected chi connectivity index (χ4v) is 0.782. The molecule has 84 valence electrons. The van der Waals surface area contributed by atoms with Crippen LogP contribution < -0.4 is 0 Å². The Labute approximate surface area is 89.1 Å². The van der Waals surface area contributed by atoms with Crippen LogP contribution in [0.4, 0.5) is 13.2 Å². The summed E-state index contributed by atoms with van der Waals surface area (Å²) in [5.41, 5.74) is 1.30. The molecule has 0 saturated carbocycles. The standard InChI is InChI=1S/C9H11.C3H4F3/c1-8(2)9-6-4-3-5-7-9;1-2-3(4,5)6/h3-8H,1H2,2H3;1-2H2. The van der Waals surface area contributed by atoms with Gasteiger partial charge in [-0.2, -0.15) is 13.2 Å². The molecule has 0 aliphatic rings. The summed E-state index contributed by atoms with van der Waals surface area (Å²) < 4.78 is 32.2. The van der Waals surface area contributed by atoms with Gasteiger partial charge in [0.2, 0.25) is 0 Å². The van der Waals surface area contributed by atoms with Crippen molar-refractivity contribution >= 4 is 0 Å². The third kappa shape index (κ3) is 8.03. The summed E-state index contributed by atoms with van der Waals surface area (Å²) in [5.74, 6) is 0.409. The van der Waals surface area contributed by atoms with Gasteiger partial charge in [0.05, 0.1) is 0 Å². The summed E-state index contributed by atoms with van der Waals surface area (Å²) in [6.07, 6.45) is -5.05. The molecule has 2 radical (unpaired) electrons. The average molecular weight is 216 g/mol. The second kappa shape index (κ2) is 6.49. The lowest BCUT2D eigenvalue weighted by atomic mass is 10.0. The van der Waals surface area contributed by atoms with Gasteiger partial charge in [0.1, 0.15) is 0 Å². The molecular formula is C12H15F3. The number of halogens is 3. The summed E-state index contributed by atoms with van der Waals surface area (Å²) in [5, 5.41) is 0. The summed E-state index contributed by atoms with van der Waals surface area (Å²) in [6.45, 7) is 8.63. The van der Waals surface area contributed by atoms with Crippen molar-refractivity contribution in [2.45, 2.75) is 25.4 Å². The quantitative estimate of drug-likeness (QED) is 0.652. The Morgan fingerprint density at radius 3 is 1.80 bits per heavy atom. The highest BCUT2D eigenvalue weighted by Gasteiger charge is 2.22. The van der Waals surface area contributed by atoms with Crippen LogP contribution in [0.2, 0.25) is 0 Å². The minimum absolute atomic E-state index is 0.409. The largest absolute Gasteiger partial charge is 0.389 e. The van der Waals surface area contributed by atoms with Crippen LogP contribution in [-0.2, 0) is 0 Å². The second-order valence-corrected chi connectivity index (χ2v) is 3.18. The predicted molar refractivity (Wildman–Crippen MR) is 56.2 cm³/mol. The van der Waals surface area contributed by atoms with E-state index in [0.717, 1.165) is 0 Å². The number of hydrogen-bond acceptors (Lipinski definition) is 0. The van der Waals surface area contributed by atoms with E-state index in [0.29, 0.717) is 5.92 Å². The van der Waals surface area contributed by atoms with Gasteiger partial charge in [-0.3, -0.25) is 0 Å². The van der Waals surface area contributed by atoms with Crippen molar-refractivity contribution in [1.82, 2.24) is 0 Å². The van der Waals surface area contributed by atoms with Crippen molar-refractivity contribution in [2.24, 2.45) is 0 Å². The average Bonchev–Trinajstić information content (AvgIpc) is 2.19. The van der Waals surface area contributed by atoms with Crippen molar-refractivity contribution in [3.05, 3.63) is 49.7 Å². The van der Waals surface area contributed by atoms with Crippen LogP contribution in [0.3, 0.4) is 0 Å². The van der Waals surface area contributed by atoms with Gasteiger partial charge in [0, 0.05) is 6.42 Å². The van der Waals surface area contributed by atoms with Crippen molar-refractivity contribution in [3.8, 4) is 0 Å². The van der Waals surface area contributed by atoms with Gasteiger partial charge in [-0.15, -0.1) is 0 Å². The van der Waals surface area contributed by atoms with Crippen LogP contribution in [0.25, 0.3) is 0 Å². The first-order chi connectivity index (χ1) is 6.87. The van der Waals surface area contributed by atoms with Crippen molar-refractivity contribution in [1.29, 1.82) is 0 Å². The summed E-state index contributed by atoms with van der Waals surface area (Å²) in [7, 11) is 0. The minimum Gasteiger partial charge on any atom is -0.171 e. The SMILES string of the molecule is [CH2]C(C)c1ccccc1.[CH2]CC(F)(F)F. The monoisotopic (exact) mass is 216 g/mol. The zero-order valence-electron chi connectivity index (χ0n) is 8.72. The van der Waals surface area contributed by atoms with Gasteiger partial charge in [-0.1, -0.05) is 37.3 Å². The number of alkyl halides is 3. The highest BCUT2D eigenvalue weighted by molar-refractivity contribution is 5.19. The van der Waals surface area contributed by atoms with Crippen LogP contribution in [0.1, 0.15) is 24.8 Å². The van der Waals surface area contributed by atoms with Gasteiger partial charge in [-0.05, 0) is 25.3 Å². The molecule has 3 heteroatoms. The minimum atomic E-state index is -4.07. The maximum atomic E-state index is 10.7. The Morgan fingerprint density at radius 1 is 1.20 bits per heavy atom. The maximum absolute atomic E-state index is 10.7. The number of rotatable bonds is 1. The summed E-state index contributed by atoms with van der Waals surface area (Å²) in [6, 6.07) is 10.3. The lowest BCUT2D eigenvalue weighted by Gasteiger charge is -2.01. The molecule has 1 atom stereocenters. The zero-order valence-corrected chi connectivity index (χ0v) is 8.72. The molecule has 0 heterocycles. The van der Waals surface area contributed by atoms with E-state index in [2.05, 4.69) is 32.9 Å². The number of hydrogen-bond donors (Lipinski definition) is 0. The molecular weight excluding hydrogens is 201 g/mol. The first-order valence-electron chi connectivity index (χ1n) is 4.61. The third-order valence-electron chi connectivity index (χ3n) is 1.65. The fourth-order valence-electron chi connectivity index (χ4n) is 0.782. The fraction of sp³-hybridized carbons (Fsp3) is 0.333. The van der Waals surface area contributed by atoms with E-state index in [1.807, 2.05) is 18.2 Å². The topological polar surface area (TPSA) is 0 Å². The lowest BCUT2D eigenvalue weighted by molar-refractivity contribution is -0.125. The predicted octanol–water partition coefficient (Wildman–Crippen LogP) is 4.40. The molecule has 0 nitrogen and oxygen atoms in total. The molecule has 0 N–H and O–H groups in total. The molecule has 1 unspecified atom stereocenters. The Hall–Kier alpha value is -0.990. The molecule has 0 bridgehead atoms.